The van der Waals surface area contributed by atoms with Gasteiger partial charge in [-0.2, -0.15) is 0 Å². The second-order valence-electron chi connectivity index (χ2n) is 25.9. The maximum absolute atomic E-state index is 14.8. The number of aliphatic hydroxyl groups is 4. The molecule has 388 valence electrons. The summed E-state index contributed by atoms with van der Waals surface area (Å²) in [6.07, 6.45) is 7.25. The van der Waals surface area contributed by atoms with Crippen LogP contribution in [0.2, 0.25) is 0 Å². The third-order valence-electron chi connectivity index (χ3n) is 22.6. The van der Waals surface area contributed by atoms with Gasteiger partial charge in [0.15, 0.2) is 0 Å². The van der Waals surface area contributed by atoms with Crippen LogP contribution in [0.1, 0.15) is 170 Å². The van der Waals surface area contributed by atoms with Crippen LogP contribution in [-0.2, 0) is 14.4 Å². The van der Waals surface area contributed by atoms with E-state index < -0.39 is 64.9 Å². The van der Waals surface area contributed by atoms with Gasteiger partial charge in [0.1, 0.15) is 12.2 Å². The van der Waals surface area contributed by atoms with Gasteiger partial charge in [0.25, 0.3) is 11.8 Å². The summed E-state index contributed by atoms with van der Waals surface area (Å²) in [6.45, 7) is 13.9. The standard InChI is InChI=1S/C30H47F2NO5.C24H38F2O4.Na/c1-17(6-9-25(36)33-12-4-5-18(15-33)27(37)38)20-7-8-21-26-22(10-11-28(20,21)2)29(3)16-30(31,32)24(35)14-19(29)13-23(26)34;1-13(4-7-20(29)30)15-5-6-16-21-17(8-9-22(15,16)2)23(3)12-24(25,26)19(28)11-14(23)10-18(21)27;/h17-24,26,34-35H,4-16H2,1-3H3,(H,37,38);13-19,21,27-28H,4-12H2,1-3H3,(H,29,30);/q;;+1/p-1/t17-,18+,19-,20-,21?,22?,23+,24-,26?,28-,29+;13-,14-,15-,16?,17?,18+,19-,21?,22-,23+;/m11./s1. The van der Waals surface area contributed by atoms with Crippen molar-refractivity contribution in [3.63, 3.8) is 0 Å². The van der Waals surface area contributed by atoms with Crippen LogP contribution >= 0.6 is 0 Å². The summed E-state index contributed by atoms with van der Waals surface area (Å²) in [5.74, 6) is -6.46. The van der Waals surface area contributed by atoms with Gasteiger partial charge in [-0.1, -0.05) is 41.5 Å². The SMILES string of the molecule is C[C@H](CCC(=O)N1CCC[C@H](C(=O)[O-])C1)[C@H]1CCC2C3C(CC[C@@]21C)[C@@]1(C)CC(F)(F)[C@H](O)C[C@H]1C[C@@H]3O.C[C@H](CCC(=O)O)[C@H]1CCC2C3C(CC[C@@]21C)[C@@]1(C)CC(F)(F)[C@H](O)C[C@H]1C[C@@H]3O.[Na+]. The molecule has 1 amide bonds. The van der Waals surface area contributed by atoms with E-state index in [1.54, 1.807) is 4.90 Å². The minimum Gasteiger partial charge on any atom is -0.550 e. The van der Waals surface area contributed by atoms with Crippen molar-refractivity contribution in [2.24, 2.45) is 98.6 Å². The van der Waals surface area contributed by atoms with Crippen molar-refractivity contribution < 1.29 is 92.1 Å². The van der Waals surface area contributed by atoms with E-state index in [1.807, 2.05) is 13.8 Å². The molecule has 21 atom stereocenters. The Bertz CT molecular complexity index is 1880. The van der Waals surface area contributed by atoms with Crippen molar-refractivity contribution in [3.05, 3.63) is 0 Å². The Balaban J connectivity index is 0.000000206. The molecular weight excluding hydrogens is 906 g/mol. The van der Waals surface area contributed by atoms with Crippen LogP contribution in [0.4, 0.5) is 17.6 Å². The maximum atomic E-state index is 14.8. The van der Waals surface area contributed by atoms with Crippen LogP contribution in [0, 0.1) is 98.6 Å². The number of piperidine rings is 1. The van der Waals surface area contributed by atoms with Gasteiger partial charge in [-0.15, -0.1) is 0 Å². The molecule has 10 nitrogen and oxygen atoms in total. The zero-order valence-electron chi connectivity index (χ0n) is 42.7. The molecule has 9 fully saturated rings. The molecule has 0 aromatic heterocycles. The summed E-state index contributed by atoms with van der Waals surface area (Å²) in [6, 6.07) is 0. The molecular formula is C54H84F4NNaO9. The second kappa shape index (κ2) is 20.3. The molecule has 0 aromatic carbocycles. The fourth-order valence-electron chi connectivity index (χ4n) is 19.1. The first-order valence-electron chi connectivity index (χ1n) is 26.9. The molecule has 0 bridgehead atoms. The van der Waals surface area contributed by atoms with Crippen molar-refractivity contribution in [3.8, 4) is 0 Å². The van der Waals surface area contributed by atoms with E-state index in [0.717, 1.165) is 57.8 Å². The molecule has 9 aliphatic rings. The molecule has 0 spiro atoms. The molecule has 8 saturated carbocycles. The number of rotatable bonds is 9. The number of hydrogen-bond donors (Lipinski definition) is 5. The number of carbonyl (C=O) groups excluding carboxylic acids is 2. The average molecular weight is 990 g/mol. The third kappa shape index (κ3) is 9.90. The number of nitrogens with zero attached hydrogens (tertiary/aromatic N) is 1. The second-order valence-corrected chi connectivity index (χ2v) is 25.9. The van der Waals surface area contributed by atoms with E-state index in [1.165, 1.54) is 0 Å². The van der Waals surface area contributed by atoms with Crippen molar-refractivity contribution in [2.45, 2.75) is 206 Å². The van der Waals surface area contributed by atoms with Crippen LogP contribution in [0.15, 0.2) is 0 Å². The molecule has 1 saturated heterocycles. The van der Waals surface area contributed by atoms with Gasteiger partial charge < -0.3 is 40.3 Å². The van der Waals surface area contributed by atoms with Crippen molar-refractivity contribution >= 4 is 17.8 Å². The Labute approximate surface area is 430 Å². The minimum atomic E-state index is -3.08. The Kier molecular flexibility index (Phi) is 16.4. The van der Waals surface area contributed by atoms with Crippen molar-refractivity contribution in [1.29, 1.82) is 0 Å². The number of carbonyl (C=O) groups is 3. The Morgan fingerprint density at radius 3 is 1.46 bits per heavy atom. The van der Waals surface area contributed by atoms with E-state index >= 15 is 0 Å². The predicted octanol–water partition coefficient (Wildman–Crippen LogP) is 5.35. The number of fused-ring (bicyclic) bond motifs is 10. The van der Waals surface area contributed by atoms with Crippen LogP contribution < -0.4 is 34.7 Å². The first-order valence-corrected chi connectivity index (χ1v) is 26.9. The molecule has 0 aromatic rings. The van der Waals surface area contributed by atoms with Crippen molar-refractivity contribution in [1.82, 2.24) is 4.90 Å². The van der Waals surface area contributed by atoms with Gasteiger partial charge in [0.05, 0.1) is 12.2 Å². The molecule has 1 heterocycles. The monoisotopic (exact) mass is 990 g/mol. The fraction of sp³-hybridized carbons (Fsp3) is 0.944. The summed E-state index contributed by atoms with van der Waals surface area (Å²) in [5, 5.41) is 63.0. The zero-order valence-corrected chi connectivity index (χ0v) is 44.7. The topological polar surface area (TPSA) is 179 Å². The number of likely N-dealkylation sites (tertiary alicyclic amines) is 1. The van der Waals surface area contributed by atoms with Crippen LogP contribution in [-0.4, -0.2) is 97.6 Å². The fourth-order valence-corrected chi connectivity index (χ4v) is 19.1. The summed E-state index contributed by atoms with van der Waals surface area (Å²) in [7, 11) is 0. The largest absolute Gasteiger partial charge is 1.00 e. The summed E-state index contributed by atoms with van der Waals surface area (Å²) >= 11 is 0. The molecule has 15 heteroatoms. The number of amides is 1. The molecule has 9 rings (SSSR count). The first-order chi connectivity index (χ1) is 31.7. The summed E-state index contributed by atoms with van der Waals surface area (Å²) in [5.41, 5.74) is -1.06. The maximum Gasteiger partial charge on any atom is 1.00 e. The summed E-state index contributed by atoms with van der Waals surface area (Å²) in [4.78, 5) is 36.9. The number of aliphatic carboxylic acids is 2. The normalized spacial score (nSPS) is 48.0. The van der Waals surface area contributed by atoms with Gasteiger partial charge in [-0.3, -0.25) is 9.59 Å². The van der Waals surface area contributed by atoms with E-state index in [4.69, 9.17) is 5.11 Å². The van der Waals surface area contributed by atoms with Gasteiger partial charge in [-0.25, -0.2) is 17.6 Å². The van der Waals surface area contributed by atoms with Crippen LogP contribution in [0.25, 0.3) is 0 Å². The number of aliphatic hydroxyl groups excluding tert-OH is 4. The first kappa shape index (κ1) is 55.7. The molecule has 8 aliphatic carbocycles. The average Bonchev–Trinajstić information content (AvgIpc) is 3.81. The van der Waals surface area contributed by atoms with E-state index in [2.05, 4.69) is 27.7 Å². The van der Waals surface area contributed by atoms with Crippen LogP contribution in [0.5, 0.6) is 0 Å². The smallest absolute Gasteiger partial charge is 0.550 e. The minimum absolute atomic E-state index is 0. The molecule has 6 unspecified atom stereocenters. The molecule has 5 N–H and O–H groups in total. The van der Waals surface area contributed by atoms with Gasteiger partial charge in [0, 0.05) is 50.7 Å². The molecule has 0 radical (unpaired) electrons. The number of carboxylic acid groups (broad SMARTS) is 2. The van der Waals surface area contributed by atoms with Crippen LogP contribution in [0.3, 0.4) is 0 Å². The quantitative estimate of drug-likeness (QED) is 0.151. The Morgan fingerprint density at radius 2 is 1.04 bits per heavy atom. The van der Waals surface area contributed by atoms with E-state index in [-0.39, 0.29) is 126 Å². The number of alkyl halides is 4. The predicted molar refractivity (Wildman–Crippen MR) is 245 cm³/mol. The molecule has 1 aliphatic heterocycles. The van der Waals surface area contributed by atoms with Gasteiger partial charge in [0.2, 0.25) is 5.91 Å². The number of halogens is 4. The Hall–Kier alpha value is -1.03. The Morgan fingerprint density at radius 1 is 0.623 bits per heavy atom. The molecule has 69 heavy (non-hydrogen) atoms. The number of hydrogen-bond acceptors (Lipinski definition) is 8. The van der Waals surface area contributed by atoms with E-state index in [0.29, 0.717) is 74.7 Å². The summed E-state index contributed by atoms with van der Waals surface area (Å²) < 4.78 is 58.6. The number of carboxylic acids is 2. The van der Waals surface area contributed by atoms with Gasteiger partial charge >= 0.3 is 35.5 Å². The van der Waals surface area contributed by atoms with Gasteiger partial charge in [-0.05, 0) is 195 Å². The van der Waals surface area contributed by atoms with Crippen molar-refractivity contribution in [2.75, 3.05) is 13.1 Å². The third-order valence-corrected chi connectivity index (χ3v) is 22.6. The van der Waals surface area contributed by atoms with E-state index in [9.17, 15) is 57.5 Å². The zero-order chi connectivity index (χ0) is 49.7.